The second-order valence-electron chi connectivity index (χ2n) is 6.83. The van der Waals surface area contributed by atoms with Crippen LogP contribution in [-0.4, -0.2) is 29.7 Å². The fourth-order valence-electron chi connectivity index (χ4n) is 3.49. The van der Waals surface area contributed by atoms with Gasteiger partial charge in [-0.15, -0.1) is 0 Å². The van der Waals surface area contributed by atoms with Crippen LogP contribution in [0.25, 0.3) is 0 Å². The molecule has 1 atom stereocenters. The van der Waals surface area contributed by atoms with Crippen molar-refractivity contribution in [3.63, 3.8) is 0 Å². The van der Waals surface area contributed by atoms with Crippen molar-refractivity contribution >= 4 is 11.6 Å². The van der Waals surface area contributed by atoms with E-state index in [9.17, 15) is 4.79 Å². The Hall–Kier alpha value is -3.40. The van der Waals surface area contributed by atoms with E-state index < -0.39 is 0 Å². The first-order valence-electron chi connectivity index (χ1n) is 9.59. The van der Waals surface area contributed by atoms with Crippen LogP contribution in [0.4, 0.5) is 0 Å². The van der Waals surface area contributed by atoms with Crippen LogP contribution >= 0.6 is 0 Å². The van der Waals surface area contributed by atoms with Gasteiger partial charge in [0.2, 0.25) is 0 Å². The summed E-state index contributed by atoms with van der Waals surface area (Å²) >= 11 is 0. The monoisotopic (exact) mass is 369 g/mol. The van der Waals surface area contributed by atoms with E-state index in [2.05, 4.69) is 34.6 Å². The topological polar surface area (TPSA) is 44.7 Å². The number of amides is 1. The number of nitrogens with one attached hydrogen (secondary N) is 1. The van der Waals surface area contributed by atoms with Gasteiger partial charge in [0.15, 0.2) is 0 Å². The second kappa shape index (κ2) is 8.53. The van der Waals surface area contributed by atoms with E-state index in [0.29, 0.717) is 12.1 Å². The summed E-state index contributed by atoms with van der Waals surface area (Å²) in [6.07, 6.45) is 0.903. The standard InChI is InChI=1S/C24H23N3O/c28-24(21-14-8-3-9-15-21)25-18-23(20-12-6-2-7-13-20)27-17-16-22(26-27)19-10-4-1-5-11-19/h1-15,23H,16-18H2,(H,25,28). The largest absolute Gasteiger partial charge is 0.350 e. The van der Waals surface area contributed by atoms with Crippen molar-refractivity contribution in [3.8, 4) is 0 Å². The van der Waals surface area contributed by atoms with Crippen molar-refractivity contribution in [3.05, 3.63) is 108 Å². The van der Waals surface area contributed by atoms with E-state index >= 15 is 0 Å². The molecule has 1 aliphatic heterocycles. The Kier molecular flexibility index (Phi) is 5.48. The fraction of sp³-hybridized carbons (Fsp3) is 0.167. The SMILES string of the molecule is O=C(NCC(c1ccccc1)N1CCC(c2ccccc2)=N1)c1ccccc1. The molecule has 3 aromatic rings. The third-order valence-corrected chi connectivity index (χ3v) is 4.97. The van der Waals surface area contributed by atoms with Gasteiger partial charge in [-0.2, -0.15) is 5.10 Å². The Bertz CT molecular complexity index is 939. The quantitative estimate of drug-likeness (QED) is 0.705. The van der Waals surface area contributed by atoms with Gasteiger partial charge < -0.3 is 5.32 Å². The molecule has 1 amide bonds. The van der Waals surface area contributed by atoms with Crippen LogP contribution in [0.1, 0.15) is 33.9 Å². The molecule has 0 aromatic heterocycles. The first-order valence-corrected chi connectivity index (χ1v) is 9.59. The second-order valence-corrected chi connectivity index (χ2v) is 6.83. The van der Waals surface area contributed by atoms with Crippen molar-refractivity contribution in [1.29, 1.82) is 0 Å². The molecule has 0 fully saturated rings. The molecule has 4 nitrogen and oxygen atoms in total. The molecule has 0 saturated heterocycles. The van der Waals surface area contributed by atoms with Crippen LogP contribution in [0.2, 0.25) is 0 Å². The summed E-state index contributed by atoms with van der Waals surface area (Å²) in [4.78, 5) is 12.5. The minimum Gasteiger partial charge on any atom is -0.350 e. The van der Waals surface area contributed by atoms with Gasteiger partial charge in [0.05, 0.1) is 11.8 Å². The summed E-state index contributed by atoms with van der Waals surface area (Å²) in [5, 5.41) is 10.1. The predicted octanol–water partition coefficient (Wildman–Crippen LogP) is 4.27. The minimum atomic E-state index is -0.0620. The van der Waals surface area contributed by atoms with Gasteiger partial charge >= 0.3 is 0 Å². The van der Waals surface area contributed by atoms with Gasteiger partial charge in [0, 0.05) is 25.1 Å². The molecule has 0 bridgehead atoms. The molecule has 0 spiro atoms. The van der Waals surface area contributed by atoms with Gasteiger partial charge in [0.25, 0.3) is 5.91 Å². The maximum atomic E-state index is 12.5. The molecule has 1 unspecified atom stereocenters. The molecule has 0 aliphatic carbocycles. The molecule has 0 radical (unpaired) electrons. The highest BCUT2D eigenvalue weighted by molar-refractivity contribution is 6.01. The lowest BCUT2D eigenvalue weighted by molar-refractivity contribution is 0.0936. The van der Waals surface area contributed by atoms with Crippen LogP contribution in [0.5, 0.6) is 0 Å². The average molecular weight is 369 g/mol. The first kappa shape index (κ1) is 18.0. The van der Waals surface area contributed by atoms with Gasteiger partial charge in [-0.1, -0.05) is 78.9 Å². The molecule has 28 heavy (non-hydrogen) atoms. The number of nitrogens with zero attached hydrogens (tertiary/aromatic N) is 2. The molecular formula is C24H23N3O. The first-order chi connectivity index (χ1) is 13.8. The third-order valence-electron chi connectivity index (χ3n) is 4.97. The molecule has 3 aromatic carbocycles. The maximum absolute atomic E-state index is 12.5. The number of carbonyl (C=O) groups excluding carboxylic acids is 1. The van der Waals surface area contributed by atoms with Crippen LogP contribution < -0.4 is 5.32 Å². The zero-order chi connectivity index (χ0) is 19.2. The van der Waals surface area contributed by atoms with E-state index in [0.717, 1.165) is 29.8 Å². The highest BCUT2D eigenvalue weighted by atomic mass is 16.1. The third kappa shape index (κ3) is 4.12. The molecular weight excluding hydrogens is 346 g/mol. The molecule has 0 saturated carbocycles. The lowest BCUT2D eigenvalue weighted by atomic mass is 10.1. The maximum Gasteiger partial charge on any atom is 0.251 e. The lowest BCUT2D eigenvalue weighted by Crippen LogP contribution is -2.35. The summed E-state index contributed by atoms with van der Waals surface area (Å²) in [6, 6.07) is 29.8. The van der Waals surface area contributed by atoms with Crippen molar-refractivity contribution in [2.75, 3.05) is 13.1 Å². The number of hydrogen-bond acceptors (Lipinski definition) is 3. The normalized spacial score (nSPS) is 14.4. The molecule has 4 heteroatoms. The number of hydrogen-bond donors (Lipinski definition) is 1. The summed E-state index contributed by atoms with van der Waals surface area (Å²) in [7, 11) is 0. The molecule has 1 aliphatic rings. The Morgan fingerprint density at radius 2 is 1.50 bits per heavy atom. The van der Waals surface area contributed by atoms with Crippen LogP contribution in [0.15, 0.2) is 96.1 Å². The van der Waals surface area contributed by atoms with Crippen molar-refractivity contribution in [1.82, 2.24) is 10.3 Å². The Morgan fingerprint density at radius 1 is 0.893 bits per heavy atom. The zero-order valence-electron chi connectivity index (χ0n) is 15.7. The Labute approximate surface area is 165 Å². The number of rotatable bonds is 6. The predicted molar refractivity (Wildman–Crippen MR) is 112 cm³/mol. The van der Waals surface area contributed by atoms with Gasteiger partial charge in [-0.05, 0) is 23.3 Å². The summed E-state index contributed by atoms with van der Waals surface area (Å²) in [5.41, 5.74) is 4.07. The van der Waals surface area contributed by atoms with Gasteiger partial charge in [-0.3, -0.25) is 9.80 Å². The molecule has 4 rings (SSSR count). The molecule has 1 heterocycles. The molecule has 1 N–H and O–H groups in total. The van der Waals surface area contributed by atoms with E-state index in [1.807, 2.05) is 66.7 Å². The van der Waals surface area contributed by atoms with Gasteiger partial charge in [0.1, 0.15) is 0 Å². The average Bonchev–Trinajstić information content (AvgIpc) is 3.26. The van der Waals surface area contributed by atoms with Crippen molar-refractivity contribution in [2.24, 2.45) is 5.10 Å². The smallest absolute Gasteiger partial charge is 0.251 e. The highest BCUT2D eigenvalue weighted by Gasteiger charge is 2.25. The zero-order valence-corrected chi connectivity index (χ0v) is 15.7. The Morgan fingerprint density at radius 3 is 2.18 bits per heavy atom. The van der Waals surface area contributed by atoms with E-state index in [4.69, 9.17) is 5.10 Å². The van der Waals surface area contributed by atoms with Crippen molar-refractivity contribution < 1.29 is 4.79 Å². The number of benzene rings is 3. The van der Waals surface area contributed by atoms with Crippen molar-refractivity contribution in [2.45, 2.75) is 12.5 Å². The van der Waals surface area contributed by atoms with Crippen LogP contribution in [0.3, 0.4) is 0 Å². The molecule has 140 valence electrons. The lowest BCUT2D eigenvalue weighted by Gasteiger charge is -2.27. The summed E-state index contributed by atoms with van der Waals surface area (Å²) in [6.45, 7) is 1.34. The Balaban J connectivity index is 1.53. The summed E-state index contributed by atoms with van der Waals surface area (Å²) in [5.74, 6) is -0.0620. The number of carbonyl (C=O) groups is 1. The van der Waals surface area contributed by atoms with Crippen LogP contribution in [-0.2, 0) is 0 Å². The number of hydrazone groups is 1. The van der Waals surface area contributed by atoms with Crippen LogP contribution in [0, 0.1) is 0 Å². The van der Waals surface area contributed by atoms with Gasteiger partial charge in [-0.25, -0.2) is 0 Å². The van der Waals surface area contributed by atoms with E-state index in [1.54, 1.807) is 0 Å². The fourth-order valence-corrected chi connectivity index (χ4v) is 3.49. The van der Waals surface area contributed by atoms with E-state index in [1.165, 1.54) is 0 Å². The minimum absolute atomic E-state index is 0.00456. The summed E-state index contributed by atoms with van der Waals surface area (Å²) < 4.78 is 0. The highest BCUT2D eigenvalue weighted by Crippen LogP contribution is 2.25. The van der Waals surface area contributed by atoms with E-state index in [-0.39, 0.29) is 11.9 Å².